The molecule has 4 aliphatic carbocycles. The number of hydrogen-bond acceptors (Lipinski definition) is 1. The summed E-state index contributed by atoms with van der Waals surface area (Å²) in [6.07, 6.45) is 10.4. The van der Waals surface area contributed by atoms with Crippen LogP contribution >= 0.6 is 12.2 Å². The van der Waals surface area contributed by atoms with Crippen LogP contribution in [0, 0.1) is 28.4 Å². The van der Waals surface area contributed by atoms with Crippen molar-refractivity contribution in [3.63, 3.8) is 0 Å². The van der Waals surface area contributed by atoms with Gasteiger partial charge >= 0.3 is 0 Å². The van der Waals surface area contributed by atoms with Crippen molar-refractivity contribution in [3.8, 4) is 0 Å². The van der Waals surface area contributed by atoms with Crippen molar-refractivity contribution in [2.75, 3.05) is 0 Å². The van der Waals surface area contributed by atoms with E-state index in [-0.39, 0.29) is 0 Å². The van der Waals surface area contributed by atoms with E-state index >= 15 is 0 Å². The number of H-pyrrole nitrogens is 1. The fourth-order valence-corrected chi connectivity index (χ4v) is 7.08. The molecule has 0 saturated heterocycles. The van der Waals surface area contributed by atoms with E-state index in [9.17, 15) is 0 Å². The highest BCUT2D eigenvalue weighted by Gasteiger charge is 2.61. The van der Waals surface area contributed by atoms with Crippen molar-refractivity contribution in [1.29, 1.82) is 0 Å². The lowest BCUT2D eigenvalue weighted by molar-refractivity contribution is -0.136. The third kappa shape index (κ3) is 1.57. The summed E-state index contributed by atoms with van der Waals surface area (Å²) in [7, 11) is 0. The van der Waals surface area contributed by atoms with E-state index in [1.165, 1.54) is 44.2 Å². The van der Waals surface area contributed by atoms with Crippen LogP contribution in [0.25, 0.3) is 0 Å². The summed E-state index contributed by atoms with van der Waals surface area (Å²) in [5.41, 5.74) is 2.72. The van der Waals surface area contributed by atoms with Crippen molar-refractivity contribution in [3.05, 3.63) is 16.7 Å². The number of nitrogens with one attached hydrogen (secondary N) is 1. The first kappa shape index (κ1) is 12.2. The van der Waals surface area contributed by atoms with Gasteiger partial charge in [-0.15, -0.1) is 0 Å². The van der Waals surface area contributed by atoms with Crippen LogP contribution in [-0.4, -0.2) is 9.55 Å². The number of aromatic amines is 1. The van der Waals surface area contributed by atoms with Crippen molar-refractivity contribution >= 4 is 12.2 Å². The van der Waals surface area contributed by atoms with Crippen LogP contribution in [-0.2, 0) is 5.54 Å². The normalized spacial score (nSPS) is 47.8. The zero-order valence-electron chi connectivity index (χ0n) is 12.3. The van der Waals surface area contributed by atoms with Gasteiger partial charge in [-0.05, 0) is 74.4 Å². The molecule has 1 N–H and O–H groups in total. The van der Waals surface area contributed by atoms with Crippen molar-refractivity contribution in [1.82, 2.24) is 9.55 Å². The first-order chi connectivity index (χ1) is 8.83. The fourth-order valence-electron chi connectivity index (χ4n) is 6.68. The van der Waals surface area contributed by atoms with Gasteiger partial charge in [0.2, 0.25) is 0 Å². The lowest BCUT2D eigenvalue weighted by Gasteiger charge is -2.65. The highest BCUT2D eigenvalue weighted by molar-refractivity contribution is 7.71. The molecule has 3 heteroatoms. The van der Waals surface area contributed by atoms with Crippen molar-refractivity contribution in [2.45, 2.75) is 64.8 Å². The second-order valence-electron chi connectivity index (χ2n) is 8.43. The van der Waals surface area contributed by atoms with E-state index < -0.39 is 0 Å². The molecule has 5 rings (SSSR count). The number of imidazole rings is 1. The molecule has 19 heavy (non-hydrogen) atoms. The molecule has 4 bridgehead atoms. The first-order valence-electron chi connectivity index (χ1n) is 7.61. The van der Waals surface area contributed by atoms with Gasteiger partial charge < -0.3 is 9.55 Å². The number of hydrogen-bond donors (Lipinski definition) is 1. The quantitative estimate of drug-likeness (QED) is 0.746. The summed E-state index contributed by atoms with van der Waals surface area (Å²) in [5.74, 6) is 0.919. The second kappa shape index (κ2) is 3.36. The average molecular weight is 276 g/mol. The summed E-state index contributed by atoms with van der Waals surface area (Å²) < 4.78 is 3.41. The monoisotopic (exact) mass is 276 g/mol. The summed E-state index contributed by atoms with van der Waals surface area (Å²) in [6.45, 7) is 7.25. The third-order valence-electron chi connectivity index (χ3n) is 6.03. The van der Waals surface area contributed by atoms with Crippen molar-refractivity contribution < 1.29 is 0 Å². The van der Waals surface area contributed by atoms with Gasteiger partial charge in [0.15, 0.2) is 4.77 Å². The Bertz CT molecular complexity index is 578. The smallest absolute Gasteiger partial charge is 0.177 e. The van der Waals surface area contributed by atoms with E-state index in [0.717, 1.165) is 10.7 Å². The summed E-state index contributed by atoms with van der Waals surface area (Å²) >= 11 is 5.59. The van der Waals surface area contributed by atoms with Crippen LogP contribution in [0.15, 0.2) is 6.20 Å². The van der Waals surface area contributed by atoms with E-state index in [1.807, 2.05) is 0 Å². The molecule has 1 aromatic heterocycles. The summed E-state index contributed by atoms with van der Waals surface area (Å²) in [5, 5.41) is 0. The second-order valence-corrected chi connectivity index (χ2v) is 8.81. The molecule has 0 amide bonds. The van der Waals surface area contributed by atoms with Gasteiger partial charge in [-0.2, -0.15) is 0 Å². The van der Waals surface area contributed by atoms with Gasteiger partial charge in [-0.3, -0.25) is 0 Å². The molecule has 104 valence electrons. The molecule has 4 saturated carbocycles. The van der Waals surface area contributed by atoms with E-state index in [0.29, 0.717) is 16.4 Å². The minimum atomic E-state index is 0.310. The van der Waals surface area contributed by atoms with Crippen LogP contribution in [0.5, 0.6) is 0 Å². The fraction of sp³-hybridized carbons (Fsp3) is 0.812. The Morgan fingerprint density at radius 3 is 2.26 bits per heavy atom. The number of aryl methyl sites for hydroxylation is 1. The topological polar surface area (TPSA) is 20.7 Å². The maximum absolute atomic E-state index is 5.59. The number of nitrogens with zero attached hydrogens (tertiary/aromatic N) is 1. The molecule has 1 aromatic rings. The molecule has 0 radical (unpaired) electrons. The molecule has 4 fully saturated rings. The maximum Gasteiger partial charge on any atom is 0.177 e. The van der Waals surface area contributed by atoms with Crippen LogP contribution in [0.1, 0.15) is 58.1 Å². The molecule has 0 aliphatic heterocycles. The van der Waals surface area contributed by atoms with Crippen molar-refractivity contribution in [2.24, 2.45) is 16.7 Å². The van der Waals surface area contributed by atoms with Gasteiger partial charge in [0.1, 0.15) is 0 Å². The largest absolute Gasteiger partial charge is 0.337 e. The zero-order valence-corrected chi connectivity index (χ0v) is 13.1. The molecule has 2 nitrogen and oxygen atoms in total. The standard InChI is InChI=1S/C16H24N2S/c1-11-7-17-13(19)18(11)16-6-12-4-14(2,9-16)8-15(3,5-12)10-16/h7,12H,4-6,8-10H2,1-3H3,(H,17,19). The Morgan fingerprint density at radius 1 is 1.16 bits per heavy atom. The summed E-state index contributed by atoms with van der Waals surface area (Å²) in [6, 6.07) is 0. The summed E-state index contributed by atoms with van der Waals surface area (Å²) in [4.78, 5) is 3.26. The lowest BCUT2D eigenvalue weighted by atomic mass is 9.42. The van der Waals surface area contributed by atoms with Gasteiger partial charge in [-0.1, -0.05) is 13.8 Å². The van der Waals surface area contributed by atoms with Crippen LogP contribution in [0.2, 0.25) is 0 Å². The van der Waals surface area contributed by atoms with Gasteiger partial charge in [0.25, 0.3) is 0 Å². The molecule has 2 unspecified atom stereocenters. The number of rotatable bonds is 1. The predicted molar refractivity (Wildman–Crippen MR) is 79.7 cm³/mol. The van der Waals surface area contributed by atoms with E-state index in [2.05, 4.69) is 36.5 Å². The molecule has 0 spiro atoms. The third-order valence-corrected chi connectivity index (χ3v) is 6.33. The Hall–Kier alpha value is -0.570. The first-order valence-corrected chi connectivity index (χ1v) is 8.02. The number of aromatic nitrogens is 2. The highest BCUT2D eigenvalue weighted by Crippen LogP contribution is 2.68. The predicted octanol–water partition coefficient (Wildman–Crippen LogP) is 4.56. The Balaban J connectivity index is 1.90. The molecule has 4 aliphatic rings. The van der Waals surface area contributed by atoms with Crippen LogP contribution < -0.4 is 0 Å². The minimum absolute atomic E-state index is 0.310. The highest BCUT2D eigenvalue weighted by atomic mass is 32.1. The Morgan fingerprint density at radius 2 is 1.79 bits per heavy atom. The van der Waals surface area contributed by atoms with Gasteiger partial charge in [-0.25, -0.2) is 0 Å². The van der Waals surface area contributed by atoms with E-state index in [1.54, 1.807) is 0 Å². The zero-order chi connectivity index (χ0) is 13.5. The molecular formula is C16H24N2S. The molecule has 2 atom stereocenters. The van der Waals surface area contributed by atoms with Gasteiger partial charge in [0.05, 0.1) is 0 Å². The Labute approximate surface area is 120 Å². The molecule has 0 aromatic carbocycles. The van der Waals surface area contributed by atoms with E-state index in [4.69, 9.17) is 12.2 Å². The SMILES string of the molecule is Cc1c[nH]c(=S)n1C12CC3CC(C)(CC(C)(C3)C1)C2. The molecule has 1 heterocycles. The van der Waals surface area contributed by atoms with Crippen LogP contribution in [0.4, 0.5) is 0 Å². The average Bonchev–Trinajstić information content (AvgIpc) is 2.53. The Kier molecular flexibility index (Phi) is 2.16. The minimum Gasteiger partial charge on any atom is -0.337 e. The maximum atomic E-state index is 5.59. The molecular weight excluding hydrogens is 252 g/mol. The van der Waals surface area contributed by atoms with Gasteiger partial charge in [0, 0.05) is 17.4 Å². The van der Waals surface area contributed by atoms with Crippen LogP contribution in [0.3, 0.4) is 0 Å². The lowest BCUT2D eigenvalue weighted by Crippen LogP contribution is -2.59.